The molecule has 0 spiro atoms. The van der Waals surface area contributed by atoms with Crippen molar-refractivity contribution >= 4 is 23.5 Å². The lowest BCUT2D eigenvalue weighted by atomic mass is 10.00. The van der Waals surface area contributed by atoms with Crippen LogP contribution in [0.25, 0.3) is 0 Å². The number of carboxylic acids is 1. The molecule has 6 nitrogen and oxygen atoms in total. The van der Waals surface area contributed by atoms with Gasteiger partial charge in [0, 0.05) is 23.7 Å². The summed E-state index contributed by atoms with van der Waals surface area (Å²) in [4.78, 5) is 33.7. The summed E-state index contributed by atoms with van der Waals surface area (Å²) < 4.78 is 0. The van der Waals surface area contributed by atoms with Gasteiger partial charge in [-0.2, -0.15) is 0 Å². The standard InChI is InChI=1S/C14H18N2O4/c1-9(17)15-11-6-4-5-10(7-11)13(20)16-14(2,3)8-12(18)19/h4-7H,8H2,1-3H3,(H,15,17)(H,16,20)(H,18,19). The van der Waals surface area contributed by atoms with Crippen molar-refractivity contribution in [2.24, 2.45) is 0 Å². The minimum Gasteiger partial charge on any atom is -0.481 e. The molecular formula is C14H18N2O4. The molecule has 0 fully saturated rings. The maximum atomic E-state index is 12.1. The first-order chi connectivity index (χ1) is 9.19. The van der Waals surface area contributed by atoms with Gasteiger partial charge in [-0.3, -0.25) is 14.4 Å². The highest BCUT2D eigenvalue weighted by Gasteiger charge is 2.24. The molecule has 20 heavy (non-hydrogen) atoms. The Bertz CT molecular complexity index is 538. The summed E-state index contributed by atoms with van der Waals surface area (Å²) in [5.41, 5.74) is 0.0170. The van der Waals surface area contributed by atoms with E-state index in [2.05, 4.69) is 10.6 Å². The van der Waals surface area contributed by atoms with E-state index in [-0.39, 0.29) is 18.2 Å². The Morgan fingerprint density at radius 3 is 2.45 bits per heavy atom. The number of anilines is 1. The van der Waals surface area contributed by atoms with E-state index in [0.717, 1.165) is 0 Å². The first kappa shape index (κ1) is 15.7. The van der Waals surface area contributed by atoms with Crippen LogP contribution in [0, 0.1) is 0 Å². The highest BCUT2D eigenvalue weighted by Crippen LogP contribution is 2.13. The van der Waals surface area contributed by atoms with Crippen LogP contribution < -0.4 is 10.6 Å². The van der Waals surface area contributed by atoms with Gasteiger partial charge in [0.25, 0.3) is 5.91 Å². The highest BCUT2D eigenvalue weighted by atomic mass is 16.4. The van der Waals surface area contributed by atoms with Crippen LogP contribution in [0.4, 0.5) is 5.69 Å². The second-order valence-electron chi connectivity index (χ2n) is 5.17. The molecule has 0 saturated heterocycles. The number of hydrogen-bond acceptors (Lipinski definition) is 3. The Hall–Kier alpha value is -2.37. The van der Waals surface area contributed by atoms with E-state index in [1.54, 1.807) is 32.0 Å². The Morgan fingerprint density at radius 2 is 1.90 bits per heavy atom. The van der Waals surface area contributed by atoms with Crippen LogP contribution in [0.3, 0.4) is 0 Å². The fraction of sp³-hybridized carbons (Fsp3) is 0.357. The molecule has 6 heteroatoms. The third kappa shape index (κ3) is 5.09. The van der Waals surface area contributed by atoms with E-state index in [0.29, 0.717) is 11.3 Å². The topological polar surface area (TPSA) is 95.5 Å². The van der Waals surface area contributed by atoms with Gasteiger partial charge in [-0.1, -0.05) is 6.07 Å². The lowest BCUT2D eigenvalue weighted by Gasteiger charge is -2.24. The summed E-state index contributed by atoms with van der Waals surface area (Å²) in [6.45, 7) is 4.65. The highest BCUT2D eigenvalue weighted by molar-refractivity contribution is 5.97. The lowest BCUT2D eigenvalue weighted by Crippen LogP contribution is -2.44. The number of carbonyl (C=O) groups is 3. The van der Waals surface area contributed by atoms with Gasteiger partial charge in [-0.15, -0.1) is 0 Å². The molecule has 1 aromatic carbocycles. The van der Waals surface area contributed by atoms with Crippen LogP contribution in [0.15, 0.2) is 24.3 Å². The zero-order chi connectivity index (χ0) is 15.3. The van der Waals surface area contributed by atoms with E-state index in [4.69, 9.17) is 5.11 Å². The second-order valence-corrected chi connectivity index (χ2v) is 5.17. The number of carbonyl (C=O) groups excluding carboxylic acids is 2. The number of carboxylic acid groups (broad SMARTS) is 1. The number of nitrogens with one attached hydrogen (secondary N) is 2. The summed E-state index contributed by atoms with van der Waals surface area (Å²) >= 11 is 0. The Kier molecular flexibility index (Phi) is 4.85. The molecule has 1 aromatic rings. The minimum atomic E-state index is -0.984. The summed E-state index contributed by atoms with van der Waals surface area (Å²) in [5.74, 6) is -1.60. The first-order valence-electron chi connectivity index (χ1n) is 6.11. The van der Waals surface area contributed by atoms with E-state index < -0.39 is 11.5 Å². The predicted octanol–water partition coefficient (Wildman–Crippen LogP) is 1.63. The minimum absolute atomic E-state index is 0.176. The van der Waals surface area contributed by atoms with Gasteiger partial charge in [-0.25, -0.2) is 0 Å². The number of rotatable bonds is 5. The summed E-state index contributed by atoms with van der Waals surface area (Å²) in [7, 11) is 0. The van der Waals surface area contributed by atoms with Crippen molar-refractivity contribution in [3.63, 3.8) is 0 Å². The summed E-state index contributed by atoms with van der Waals surface area (Å²) in [6, 6.07) is 6.44. The monoisotopic (exact) mass is 278 g/mol. The maximum absolute atomic E-state index is 12.1. The predicted molar refractivity (Wildman–Crippen MR) is 74.5 cm³/mol. The van der Waals surface area contributed by atoms with E-state index in [1.165, 1.54) is 13.0 Å². The fourth-order valence-corrected chi connectivity index (χ4v) is 1.74. The van der Waals surface area contributed by atoms with Crippen molar-refractivity contribution in [1.29, 1.82) is 0 Å². The smallest absolute Gasteiger partial charge is 0.305 e. The normalized spacial score (nSPS) is 10.8. The van der Waals surface area contributed by atoms with Gasteiger partial charge in [0.2, 0.25) is 5.91 Å². The van der Waals surface area contributed by atoms with Crippen molar-refractivity contribution < 1.29 is 19.5 Å². The molecule has 0 bridgehead atoms. The average Bonchev–Trinajstić information content (AvgIpc) is 2.25. The number of benzene rings is 1. The molecule has 2 amide bonds. The Balaban J connectivity index is 2.82. The van der Waals surface area contributed by atoms with Crippen molar-refractivity contribution in [2.45, 2.75) is 32.7 Å². The van der Waals surface area contributed by atoms with Gasteiger partial charge in [0.15, 0.2) is 0 Å². The molecule has 0 radical (unpaired) electrons. The van der Waals surface area contributed by atoms with Crippen molar-refractivity contribution in [2.75, 3.05) is 5.32 Å². The van der Waals surface area contributed by atoms with Crippen LogP contribution in [-0.2, 0) is 9.59 Å². The first-order valence-corrected chi connectivity index (χ1v) is 6.11. The molecule has 0 aliphatic rings. The van der Waals surface area contributed by atoms with E-state index in [9.17, 15) is 14.4 Å². The molecule has 108 valence electrons. The van der Waals surface area contributed by atoms with Crippen LogP contribution in [0.5, 0.6) is 0 Å². The molecule has 1 rings (SSSR count). The molecule has 0 aliphatic heterocycles. The third-order valence-corrected chi connectivity index (χ3v) is 2.49. The lowest BCUT2D eigenvalue weighted by molar-refractivity contribution is -0.138. The Morgan fingerprint density at radius 1 is 1.25 bits per heavy atom. The van der Waals surface area contributed by atoms with Crippen LogP contribution in [0.1, 0.15) is 37.6 Å². The van der Waals surface area contributed by atoms with Crippen molar-refractivity contribution in [3.05, 3.63) is 29.8 Å². The number of aliphatic carboxylic acids is 1. The molecule has 0 unspecified atom stereocenters. The molecule has 0 aromatic heterocycles. The van der Waals surface area contributed by atoms with Crippen LogP contribution in [0.2, 0.25) is 0 Å². The second kappa shape index (κ2) is 6.18. The largest absolute Gasteiger partial charge is 0.481 e. The average molecular weight is 278 g/mol. The van der Waals surface area contributed by atoms with Gasteiger partial charge in [-0.05, 0) is 32.0 Å². The quantitative estimate of drug-likeness (QED) is 0.762. The Labute approximate surface area is 117 Å². The molecule has 3 N–H and O–H groups in total. The molecule has 0 atom stereocenters. The van der Waals surface area contributed by atoms with E-state index in [1.807, 2.05) is 0 Å². The number of hydrogen-bond donors (Lipinski definition) is 3. The summed E-state index contributed by atoms with van der Waals surface area (Å²) in [5, 5.41) is 14.0. The van der Waals surface area contributed by atoms with Gasteiger partial charge in [0.05, 0.1) is 6.42 Å². The van der Waals surface area contributed by atoms with Crippen molar-refractivity contribution in [3.8, 4) is 0 Å². The van der Waals surface area contributed by atoms with Gasteiger partial charge >= 0.3 is 5.97 Å². The SMILES string of the molecule is CC(=O)Nc1cccc(C(=O)NC(C)(C)CC(=O)O)c1. The van der Waals surface area contributed by atoms with E-state index >= 15 is 0 Å². The maximum Gasteiger partial charge on any atom is 0.305 e. The summed E-state index contributed by atoms with van der Waals surface area (Å²) in [6.07, 6.45) is -0.176. The van der Waals surface area contributed by atoms with Gasteiger partial charge < -0.3 is 15.7 Å². The third-order valence-electron chi connectivity index (χ3n) is 2.49. The molecule has 0 aliphatic carbocycles. The zero-order valence-corrected chi connectivity index (χ0v) is 11.7. The van der Waals surface area contributed by atoms with Crippen LogP contribution >= 0.6 is 0 Å². The molecule has 0 heterocycles. The molecule has 0 saturated carbocycles. The van der Waals surface area contributed by atoms with Gasteiger partial charge in [0.1, 0.15) is 0 Å². The number of amides is 2. The fourth-order valence-electron chi connectivity index (χ4n) is 1.74. The molecular weight excluding hydrogens is 260 g/mol. The van der Waals surface area contributed by atoms with Crippen molar-refractivity contribution in [1.82, 2.24) is 5.32 Å². The van der Waals surface area contributed by atoms with Crippen LogP contribution in [-0.4, -0.2) is 28.4 Å². The zero-order valence-electron chi connectivity index (χ0n) is 11.7.